The van der Waals surface area contributed by atoms with Crippen LogP contribution in [0.15, 0.2) is 58.1 Å². The van der Waals surface area contributed by atoms with Gasteiger partial charge in [0.05, 0.1) is 18.8 Å². The number of benzene rings is 1. The number of hydrogen-bond acceptors (Lipinski definition) is 4. The first-order valence-electron chi connectivity index (χ1n) is 10.9. The van der Waals surface area contributed by atoms with Crippen molar-refractivity contribution in [1.82, 2.24) is 20.9 Å². The first-order valence-corrected chi connectivity index (χ1v) is 10.9. The lowest BCUT2D eigenvalue weighted by Gasteiger charge is -2.32. The number of aliphatic imine (C=N–C) groups is 1. The summed E-state index contributed by atoms with van der Waals surface area (Å²) in [5.74, 6) is 1.65. The molecule has 1 atom stereocenters. The Morgan fingerprint density at radius 2 is 1.80 bits per heavy atom. The lowest BCUT2D eigenvalue weighted by Crippen LogP contribution is -2.42. The zero-order valence-electron chi connectivity index (χ0n) is 17.8. The van der Waals surface area contributed by atoms with E-state index >= 15 is 0 Å². The summed E-state index contributed by atoms with van der Waals surface area (Å²) in [6, 6.07) is 13.4. The lowest BCUT2D eigenvalue weighted by molar-refractivity contribution is 0.0954. The zero-order chi connectivity index (χ0) is 21.0. The molecule has 1 amide bonds. The highest BCUT2D eigenvalue weighted by Gasteiger charge is 2.24. The molecule has 0 bridgehead atoms. The molecule has 2 aromatic rings. The Labute approximate surface area is 178 Å². The zero-order valence-corrected chi connectivity index (χ0v) is 17.8. The van der Waals surface area contributed by atoms with Crippen molar-refractivity contribution < 1.29 is 9.21 Å². The van der Waals surface area contributed by atoms with Crippen molar-refractivity contribution in [2.75, 3.05) is 39.3 Å². The fourth-order valence-electron chi connectivity index (χ4n) is 3.66. The number of nitrogens with one attached hydrogen (secondary N) is 3. The number of rotatable bonds is 9. The van der Waals surface area contributed by atoms with E-state index in [4.69, 9.17) is 9.41 Å². The largest absolute Gasteiger partial charge is 0.468 e. The lowest BCUT2D eigenvalue weighted by atomic mass is 10.1. The Kier molecular flexibility index (Phi) is 8.78. The molecule has 7 heteroatoms. The van der Waals surface area contributed by atoms with Crippen LogP contribution < -0.4 is 16.0 Å². The molecule has 1 saturated heterocycles. The Morgan fingerprint density at radius 1 is 1.03 bits per heavy atom. The molecule has 0 saturated carbocycles. The van der Waals surface area contributed by atoms with Crippen LogP contribution in [-0.2, 0) is 0 Å². The fraction of sp³-hybridized carbons (Fsp3) is 0.478. The number of piperidine rings is 1. The van der Waals surface area contributed by atoms with Crippen molar-refractivity contribution in [3.05, 3.63) is 60.1 Å². The van der Waals surface area contributed by atoms with E-state index in [9.17, 15) is 4.79 Å². The number of carbonyl (C=O) groups excluding carboxylic acids is 1. The van der Waals surface area contributed by atoms with E-state index in [-0.39, 0.29) is 11.9 Å². The second kappa shape index (κ2) is 12.0. The molecule has 1 aliphatic rings. The Morgan fingerprint density at radius 3 is 2.50 bits per heavy atom. The van der Waals surface area contributed by atoms with Gasteiger partial charge in [-0.2, -0.15) is 0 Å². The normalized spacial score (nSPS) is 16.1. The summed E-state index contributed by atoms with van der Waals surface area (Å²) in [4.78, 5) is 19.4. The SMILES string of the molecule is CCNC(=NCC(c1ccco1)N1CCCCC1)NCCNC(=O)c1ccccc1. The molecule has 2 heterocycles. The van der Waals surface area contributed by atoms with Crippen LogP contribution in [0, 0.1) is 0 Å². The average Bonchev–Trinajstić information content (AvgIpc) is 3.32. The minimum atomic E-state index is -0.0673. The van der Waals surface area contributed by atoms with Crippen LogP contribution in [0.3, 0.4) is 0 Å². The maximum Gasteiger partial charge on any atom is 0.251 e. The molecule has 7 nitrogen and oxygen atoms in total. The number of hydrogen-bond donors (Lipinski definition) is 3. The minimum Gasteiger partial charge on any atom is -0.468 e. The van der Waals surface area contributed by atoms with Crippen LogP contribution in [0.1, 0.15) is 48.3 Å². The van der Waals surface area contributed by atoms with Crippen molar-refractivity contribution >= 4 is 11.9 Å². The second-order valence-electron chi connectivity index (χ2n) is 7.40. The second-order valence-corrected chi connectivity index (χ2v) is 7.40. The molecular formula is C23H33N5O2. The number of guanidine groups is 1. The van der Waals surface area contributed by atoms with Gasteiger partial charge in [0.1, 0.15) is 5.76 Å². The van der Waals surface area contributed by atoms with Crippen LogP contribution in [0.2, 0.25) is 0 Å². The van der Waals surface area contributed by atoms with E-state index in [1.807, 2.05) is 49.4 Å². The van der Waals surface area contributed by atoms with Gasteiger partial charge in [-0.05, 0) is 57.1 Å². The van der Waals surface area contributed by atoms with Crippen LogP contribution in [0.25, 0.3) is 0 Å². The molecule has 0 radical (unpaired) electrons. The molecule has 162 valence electrons. The van der Waals surface area contributed by atoms with E-state index in [1.165, 1.54) is 19.3 Å². The molecule has 3 rings (SSSR count). The third-order valence-corrected chi connectivity index (χ3v) is 5.21. The highest BCUT2D eigenvalue weighted by molar-refractivity contribution is 5.94. The fourth-order valence-corrected chi connectivity index (χ4v) is 3.66. The average molecular weight is 412 g/mol. The van der Waals surface area contributed by atoms with Crippen LogP contribution in [-0.4, -0.2) is 56.0 Å². The van der Waals surface area contributed by atoms with E-state index in [2.05, 4.69) is 20.9 Å². The van der Waals surface area contributed by atoms with Crippen molar-refractivity contribution in [3.63, 3.8) is 0 Å². The first-order chi connectivity index (χ1) is 14.8. The molecular weight excluding hydrogens is 378 g/mol. The molecule has 1 aliphatic heterocycles. The summed E-state index contributed by atoms with van der Waals surface area (Å²) in [5.41, 5.74) is 0.667. The summed E-state index contributed by atoms with van der Waals surface area (Å²) < 4.78 is 5.71. The smallest absolute Gasteiger partial charge is 0.251 e. The van der Waals surface area contributed by atoms with Gasteiger partial charge in [-0.1, -0.05) is 24.6 Å². The van der Waals surface area contributed by atoms with Gasteiger partial charge in [0.15, 0.2) is 5.96 Å². The summed E-state index contributed by atoms with van der Waals surface area (Å²) in [7, 11) is 0. The summed E-state index contributed by atoms with van der Waals surface area (Å²) in [6.07, 6.45) is 5.47. The van der Waals surface area contributed by atoms with E-state index in [1.54, 1.807) is 6.26 Å². The van der Waals surface area contributed by atoms with Gasteiger partial charge in [-0.25, -0.2) is 0 Å². The standard InChI is InChI=1S/C23H33N5O2/c1-2-24-23(26-14-13-25-22(29)19-10-5-3-6-11-19)27-18-20(21-12-9-17-30-21)28-15-7-4-8-16-28/h3,5-6,9-12,17,20H,2,4,7-8,13-16,18H2,1H3,(H,25,29)(H2,24,26,27). The molecule has 0 spiro atoms. The van der Waals surface area contributed by atoms with Gasteiger partial charge in [-0.15, -0.1) is 0 Å². The molecule has 1 aromatic carbocycles. The highest BCUT2D eigenvalue weighted by atomic mass is 16.3. The molecule has 1 aromatic heterocycles. The predicted octanol–water partition coefficient (Wildman–Crippen LogP) is 2.79. The van der Waals surface area contributed by atoms with Gasteiger partial charge in [0.2, 0.25) is 0 Å². The molecule has 1 unspecified atom stereocenters. The molecule has 30 heavy (non-hydrogen) atoms. The van der Waals surface area contributed by atoms with E-state index in [0.717, 1.165) is 31.4 Å². The van der Waals surface area contributed by atoms with Gasteiger partial charge in [0, 0.05) is 25.2 Å². The van der Waals surface area contributed by atoms with Crippen molar-refractivity contribution in [2.45, 2.75) is 32.2 Å². The third kappa shape index (κ3) is 6.62. The quantitative estimate of drug-likeness (QED) is 0.336. The highest BCUT2D eigenvalue weighted by Crippen LogP contribution is 2.25. The van der Waals surface area contributed by atoms with Crippen LogP contribution in [0.4, 0.5) is 0 Å². The van der Waals surface area contributed by atoms with Gasteiger partial charge < -0.3 is 20.4 Å². The molecule has 1 fully saturated rings. The molecule has 0 aliphatic carbocycles. The van der Waals surface area contributed by atoms with Gasteiger partial charge >= 0.3 is 0 Å². The van der Waals surface area contributed by atoms with Crippen LogP contribution in [0.5, 0.6) is 0 Å². The first kappa shape index (κ1) is 21.9. The predicted molar refractivity (Wildman–Crippen MR) is 120 cm³/mol. The maximum absolute atomic E-state index is 12.1. The summed E-state index contributed by atoms with van der Waals surface area (Å²) >= 11 is 0. The van der Waals surface area contributed by atoms with Crippen molar-refractivity contribution in [1.29, 1.82) is 0 Å². The minimum absolute atomic E-state index is 0.0673. The van der Waals surface area contributed by atoms with E-state index in [0.29, 0.717) is 25.2 Å². The van der Waals surface area contributed by atoms with Crippen molar-refractivity contribution in [3.8, 4) is 0 Å². The van der Waals surface area contributed by atoms with Gasteiger partial charge in [-0.3, -0.25) is 14.7 Å². The van der Waals surface area contributed by atoms with Crippen molar-refractivity contribution in [2.24, 2.45) is 4.99 Å². The summed E-state index contributed by atoms with van der Waals surface area (Å²) in [5, 5.41) is 9.52. The third-order valence-electron chi connectivity index (χ3n) is 5.21. The maximum atomic E-state index is 12.1. The van der Waals surface area contributed by atoms with Gasteiger partial charge in [0.25, 0.3) is 5.91 Å². The number of likely N-dealkylation sites (tertiary alicyclic amines) is 1. The number of amides is 1. The number of nitrogens with zero attached hydrogens (tertiary/aromatic N) is 2. The Bertz CT molecular complexity index is 770. The topological polar surface area (TPSA) is 81.9 Å². The summed E-state index contributed by atoms with van der Waals surface area (Å²) in [6.45, 7) is 6.72. The Hall–Kier alpha value is -2.80. The van der Waals surface area contributed by atoms with E-state index < -0.39 is 0 Å². The van der Waals surface area contributed by atoms with Crippen LogP contribution >= 0.6 is 0 Å². The Balaban J connectivity index is 1.52. The number of carbonyl (C=O) groups is 1. The molecule has 3 N–H and O–H groups in total. The number of furan rings is 1. The monoisotopic (exact) mass is 411 g/mol.